The van der Waals surface area contributed by atoms with Crippen molar-refractivity contribution >= 4 is 9.84 Å². The van der Waals surface area contributed by atoms with E-state index < -0.39 is 15.4 Å². The highest BCUT2D eigenvalue weighted by Gasteiger charge is 2.41. The summed E-state index contributed by atoms with van der Waals surface area (Å²) in [5.74, 6) is 0.327. The molecule has 0 amide bonds. The average molecular weight is 218 g/mol. The van der Waals surface area contributed by atoms with Crippen molar-refractivity contribution in [3.8, 4) is 0 Å². The summed E-state index contributed by atoms with van der Waals surface area (Å²) in [6.45, 7) is 0. The van der Waals surface area contributed by atoms with E-state index in [-0.39, 0.29) is 5.25 Å². The van der Waals surface area contributed by atoms with Gasteiger partial charge in [-0.2, -0.15) is 0 Å². The van der Waals surface area contributed by atoms with E-state index in [0.29, 0.717) is 12.2 Å². The monoisotopic (exact) mass is 218 g/mol. The van der Waals surface area contributed by atoms with Crippen LogP contribution in [0.3, 0.4) is 0 Å². The lowest BCUT2D eigenvalue weighted by Gasteiger charge is -2.39. The Morgan fingerprint density at radius 2 is 1.93 bits per heavy atom. The molecule has 1 heterocycles. The molecule has 3 nitrogen and oxygen atoms in total. The quantitative estimate of drug-likeness (QED) is 0.759. The van der Waals surface area contributed by atoms with Crippen LogP contribution in [0.5, 0.6) is 0 Å². The van der Waals surface area contributed by atoms with Crippen molar-refractivity contribution in [3.05, 3.63) is 0 Å². The minimum absolute atomic E-state index is 0.262. The molecule has 1 unspecified atom stereocenters. The molecule has 2 aliphatic rings. The zero-order valence-corrected chi connectivity index (χ0v) is 9.22. The first-order valence-corrected chi connectivity index (χ1v) is 7.17. The van der Waals surface area contributed by atoms with Gasteiger partial charge in [0.2, 0.25) is 0 Å². The number of aliphatic hydroxyl groups is 1. The van der Waals surface area contributed by atoms with E-state index in [1.54, 1.807) is 0 Å². The second kappa shape index (κ2) is 3.49. The molecule has 1 aliphatic carbocycles. The third-order valence-electron chi connectivity index (χ3n) is 3.60. The summed E-state index contributed by atoms with van der Waals surface area (Å²) in [5, 5.41) is 9.67. The Morgan fingerprint density at radius 3 is 2.43 bits per heavy atom. The van der Waals surface area contributed by atoms with Crippen LogP contribution >= 0.6 is 0 Å². The molecular weight excluding hydrogens is 200 g/mol. The molecule has 2 fully saturated rings. The Balaban J connectivity index is 2.02. The minimum Gasteiger partial charge on any atom is -0.390 e. The van der Waals surface area contributed by atoms with E-state index >= 15 is 0 Å². The zero-order valence-electron chi connectivity index (χ0n) is 8.41. The van der Waals surface area contributed by atoms with E-state index in [0.717, 1.165) is 38.5 Å². The molecular formula is C10H18O3S. The molecule has 14 heavy (non-hydrogen) atoms. The third kappa shape index (κ3) is 1.96. The Bertz CT molecular complexity index is 303. The standard InChI is InChI=1S/C10H18O3S/c11-10(5-3-6-10)8-9-4-1-2-7-14(9,12)13/h9,11H,1-8H2. The average Bonchev–Trinajstić information content (AvgIpc) is 2.06. The molecule has 1 N–H and O–H groups in total. The van der Waals surface area contributed by atoms with E-state index in [1.165, 1.54) is 0 Å². The lowest BCUT2D eigenvalue weighted by Crippen LogP contribution is -2.43. The van der Waals surface area contributed by atoms with Gasteiger partial charge >= 0.3 is 0 Å². The van der Waals surface area contributed by atoms with Crippen molar-refractivity contribution in [3.63, 3.8) is 0 Å². The summed E-state index contributed by atoms with van der Waals surface area (Å²) in [5.41, 5.74) is -0.644. The van der Waals surface area contributed by atoms with E-state index in [9.17, 15) is 13.5 Å². The first-order valence-electron chi connectivity index (χ1n) is 5.46. The predicted octanol–water partition coefficient (Wildman–Crippen LogP) is 1.26. The van der Waals surface area contributed by atoms with Crippen molar-refractivity contribution in [2.24, 2.45) is 0 Å². The first kappa shape index (κ1) is 10.4. The normalized spacial score (nSPS) is 34.8. The van der Waals surface area contributed by atoms with Gasteiger partial charge in [0.25, 0.3) is 0 Å². The Kier molecular flexibility index (Phi) is 2.60. The van der Waals surface area contributed by atoms with Gasteiger partial charge in [-0.25, -0.2) is 8.42 Å². The van der Waals surface area contributed by atoms with E-state index in [2.05, 4.69) is 0 Å². The lowest BCUT2D eigenvalue weighted by molar-refractivity contribution is -0.0413. The fourth-order valence-electron chi connectivity index (χ4n) is 2.46. The Labute approximate surface area is 85.4 Å². The second-order valence-electron chi connectivity index (χ2n) is 4.77. The first-order chi connectivity index (χ1) is 6.52. The van der Waals surface area contributed by atoms with Gasteiger partial charge < -0.3 is 5.11 Å². The molecule has 0 aromatic heterocycles. The smallest absolute Gasteiger partial charge is 0.153 e. The summed E-state index contributed by atoms with van der Waals surface area (Å²) < 4.78 is 23.4. The summed E-state index contributed by atoms with van der Waals surface area (Å²) in [6, 6.07) is 0. The van der Waals surface area contributed by atoms with Crippen LogP contribution in [0.1, 0.15) is 44.9 Å². The van der Waals surface area contributed by atoms with Crippen LogP contribution in [0.15, 0.2) is 0 Å². The molecule has 0 aromatic rings. The molecule has 1 saturated carbocycles. The van der Waals surface area contributed by atoms with Crippen LogP contribution in [0.4, 0.5) is 0 Å². The summed E-state index contributed by atoms with van der Waals surface area (Å²) in [6.07, 6.45) is 5.67. The van der Waals surface area contributed by atoms with Crippen LogP contribution in [-0.4, -0.2) is 30.1 Å². The molecule has 0 aromatic carbocycles. The predicted molar refractivity (Wildman–Crippen MR) is 54.8 cm³/mol. The van der Waals surface area contributed by atoms with Crippen molar-refractivity contribution < 1.29 is 13.5 Å². The van der Waals surface area contributed by atoms with Gasteiger partial charge in [-0.1, -0.05) is 6.42 Å². The van der Waals surface area contributed by atoms with Crippen LogP contribution in [-0.2, 0) is 9.84 Å². The molecule has 2 rings (SSSR count). The summed E-state index contributed by atoms with van der Waals surface area (Å²) >= 11 is 0. The van der Waals surface area contributed by atoms with Crippen LogP contribution in [0.25, 0.3) is 0 Å². The van der Waals surface area contributed by atoms with Gasteiger partial charge in [-0.3, -0.25) is 0 Å². The molecule has 1 atom stereocenters. The highest BCUT2D eigenvalue weighted by molar-refractivity contribution is 7.92. The largest absolute Gasteiger partial charge is 0.390 e. The van der Waals surface area contributed by atoms with Crippen molar-refractivity contribution in [2.45, 2.75) is 55.8 Å². The van der Waals surface area contributed by atoms with E-state index in [1.807, 2.05) is 0 Å². The fraction of sp³-hybridized carbons (Fsp3) is 1.00. The number of hydrogen-bond acceptors (Lipinski definition) is 3. The fourth-order valence-corrected chi connectivity index (χ4v) is 4.49. The minimum atomic E-state index is -2.89. The molecule has 4 heteroatoms. The van der Waals surface area contributed by atoms with Gasteiger partial charge in [0.05, 0.1) is 16.6 Å². The summed E-state index contributed by atoms with van der Waals surface area (Å²) in [4.78, 5) is 0. The maximum Gasteiger partial charge on any atom is 0.153 e. The van der Waals surface area contributed by atoms with Crippen molar-refractivity contribution in [1.82, 2.24) is 0 Å². The number of hydrogen-bond donors (Lipinski definition) is 1. The van der Waals surface area contributed by atoms with Gasteiger partial charge in [-0.05, 0) is 38.5 Å². The Morgan fingerprint density at radius 1 is 1.21 bits per heavy atom. The molecule has 0 radical (unpaired) electrons. The summed E-state index contributed by atoms with van der Waals surface area (Å²) in [7, 11) is -2.89. The maximum absolute atomic E-state index is 11.7. The van der Waals surface area contributed by atoms with Gasteiger partial charge in [0.15, 0.2) is 9.84 Å². The van der Waals surface area contributed by atoms with Crippen molar-refractivity contribution in [1.29, 1.82) is 0 Å². The Hall–Kier alpha value is -0.0900. The highest BCUT2D eigenvalue weighted by Crippen LogP contribution is 2.38. The van der Waals surface area contributed by atoms with Crippen LogP contribution in [0, 0.1) is 0 Å². The van der Waals surface area contributed by atoms with Gasteiger partial charge in [0, 0.05) is 0 Å². The van der Waals surface area contributed by atoms with Crippen LogP contribution < -0.4 is 0 Å². The lowest BCUT2D eigenvalue weighted by atomic mass is 9.76. The SMILES string of the molecule is O=S1(=O)CCCCC1CC1(O)CCC1. The molecule has 1 saturated heterocycles. The molecule has 82 valence electrons. The topological polar surface area (TPSA) is 54.4 Å². The van der Waals surface area contributed by atoms with Crippen molar-refractivity contribution in [2.75, 3.05) is 5.75 Å². The number of rotatable bonds is 2. The van der Waals surface area contributed by atoms with E-state index in [4.69, 9.17) is 0 Å². The van der Waals surface area contributed by atoms with Crippen LogP contribution in [0.2, 0.25) is 0 Å². The molecule has 0 bridgehead atoms. The molecule has 1 aliphatic heterocycles. The number of sulfone groups is 1. The molecule has 0 spiro atoms. The zero-order chi connectivity index (χ0) is 10.2. The van der Waals surface area contributed by atoms with Gasteiger partial charge in [-0.15, -0.1) is 0 Å². The highest BCUT2D eigenvalue weighted by atomic mass is 32.2. The third-order valence-corrected chi connectivity index (χ3v) is 5.88. The second-order valence-corrected chi connectivity index (χ2v) is 7.17. The van der Waals surface area contributed by atoms with Gasteiger partial charge in [0.1, 0.15) is 0 Å². The maximum atomic E-state index is 11.7.